The van der Waals surface area contributed by atoms with E-state index < -0.39 is 0 Å². The molecule has 1 N–H and O–H groups in total. The third-order valence-corrected chi connectivity index (χ3v) is 4.97. The Kier molecular flexibility index (Phi) is 3.56. The molecule has 0 radical (unpaired) electrons. The van der Waals surface area contributed by atoms with Gasteiger partial charge in [-0.1, -0.05) is 36.4 Å². The molecule has 3 nitrogen and oxygen atoms in total. The van der Waals surface area contributed by atoms with E-state index in [0.717, 1.165) is 35.1 Å². The summed E-state index contributed by atoms with van der Waals surface area (Å²) < 4.78 is 2.16. The van der Waals surface area contributed by atoms with E-state index in [0.29, 0.717) is 0 Å². The molecule has 3 aromatic carbocycles. The maximum atomic E-state index is 4.63. The number of imidazole rings is 1. The van der Waals surface area contributed by atoms with Crippen LogP contribution in [0.4, 0.5) is 0 Å². The SMILES string of the molecule is c1ccc(CCc2ccc3c(c2)ncn3-c2ccc3[nH]ccc3c2)cc1. The van der Waals surface area contributed by atoms with Crippen molar-refractivity contribution >= 4 is 21.9 Å². The van der Waals surface area contributed by atoms with Gasteiger partial charge < -0.3 is 4.98 Å². The van der Waals surface area contributed by atoms with Crippen molar-refractivity contribution in [2.75, 3.05) is 0 Å². The smallest absolute Gasteiger partial charge is 0.100 e. The Morgan fingerprint density at radius 3 is 2.62 bits per heavy atom. The summed E-state index contributed by atoms with van der Waals surface area (Å²) >= 11 is 0. The minimum Gasteiger partial charge on any atom is -0.361 e. The molecule has 0 unspecified atom stereocenters. The maximum Gasteiger partial charge on any atom is 0.100 e. The highest BCUT2D eigenvalue weighted by Crippen LogP contribution is 2.23. The van der Waals surface area contributed by atoms with Gasteiger partial charge >= 0.3 is 0 Å². The molecule has 0 atom stereocenters. The van der Waals surface area contributed by atoms with Gasteiger partial charge in [0.25, 0.3) is 0 Å². The van der Waals surface area contributed by atoms with Gasteiger partial charge in [0.2, 0.25) is 0 Å². The second kappa shape index (κ2) is 6.19. The molecule has 0 aliphatic heterocycles. The molecule has 2 heterocycles. The summed E-state index contributed by atoms with van der Waals surface area (Å²) in [6.07, 6.45) is 5.97. The van der Waals surface area contributed by atoms with Gasteiger partial charge in [0, 0.05) is 22.8 Å². The molecule has 0 fully saturated rings. The van der Waals surface area contributed by atoms with Gasteiger partial charge in [-0.3, -0.25) is 4.57 Å². The molecule has 0 aliphatic carbocycles. The van der Waals surface area contributed by atoms with E-state index in [1.54, 1.807) is 0 Å². The zero-order valence-corrected chi connectivity index (χ0v) is 14.4. The third-order valence-electron chi connectivity index (χ3n) is 4.97. The fourth-order valence-corrected chi connectivity index (χ4v) is 3.54. The summed E-state index contributed by atoms with van der Waals surface area (Å²) in [7, 11) is 0. The molecule has 3 heteroatoms. The number of H-pyrrole nitrogens is 1. The molecule has 5 aromatic rings. The van der Waals surface area contributed by atoms with Crippen molar-refractivity contribution in [1.82, 2.24) is 14.5 Å². The lowest BCUT2D eigenvalue weighted by atomic mass is 10.0. The average molecular weight is 337 g/mol. The van der Waals surface area contributed by atoms with E-state index in [4.69, 9.17) is 0 Å². The highest BCUT2D eigenvalue weighted by Gasteiger charge is 2.07. The number of rotatable bonds is 4. The van der Waals surface area contributed by atoms with Crippen molar-refractivity contribution in [3.05, 3.63) is 96.4 Å². The molecule has 2 aromatic heterocycles. The van der Waals surface area contributed by atoms with Gasteiger partial charge in [-0.2, -0.15) is 0 Å². The predicted molar refractivity (Wildman–Crippen MR) is 107 cm³/mol. The minimum absolute atomic E-state index is 1.03. The number of aromatic amines is 1. The van der Waals surface area contributed by atoms with E-state index >= 15 is 0 Å². The van der Waals surface area contributed by atoms with Crippen molar-refractivity contribution in [3.8, 4) is 5.69 Å². The van der Waals surface area contributed by atoms with Crippen LogP contribution in [0.15, 0.2) is 85.3 Å². The summed E-state index contributed by atoms with van der Waals surface area (Å²) in [5.41, 5.74) is 7.18. The quantitative estimate of drug-likeness (QED) is 0.475. The van der Waals surface area contributed by atoms with E-state index in [1.165, 1.54) is 16.5 Å². The normalized spacial score (nSPS) is 11.4. The number of nitrogens with zero attached hydrogens (tertiary/aromatic N) is 2. The molecular weight excluding hydrogens is 318 g/mol. The summed E-state index contributed by atoms with van der Waals surface area (Å²) in [6, 6.07) is 25.8. The molecule has 0 spiro atoms. The Hall–Kier alpha value is -3.33. The van der Waals surface area contributed by atoms with Gasteiger partial charge in [0.05, 0.1) is 11.0 Å². The molecule has 26 heavy (non-hydrogen) atoms. The topological polar surface area (TPSA) is 33.6 Å². The van der Waals surface area contributed by atoms with Crippen LogP contribution in [-0.2, 0) is 12.8 Å². The number of fused-ring (bicyclic) bond motifs is 2. The summed E-state index contributed by atoms with van der Waals surface area (Å²) in [4.78, 5) is 7.87. The largest absolute Gasteiger partial charge is 0.361 e. The summed E-state index contributed by atoms with van der Waals surface area (Å²) in [5, 5.41) is 1.21. The highest BCUT2D eigenvalue weighted by molar-refractivity contribution is 5.83. The summed E-state index contributed by atoms with van der Waals surface area (Å²) in [6.45, 7) is 0. The molecular formula is C23H19N3. The highest BCUT2D eigenvalue weighted by atomic mass is 15.0. The minimum atomic E-state index is 1.03. The first-order chi connectivity index (χ1) is 12.9. The lowest BCUT2D eigenvalue weighted by molar-refractivity contribution is 0.962. The van der Waals surface area contributed by atoms with Crippen LogP contribution >= 0.6 is 0 Å². The van der Waals surface area contributed by atoms with Crippen molar-refractivity contribution < 1.29 is 0 Å². The van der Waals surface area contributed by atoms with Gasteiger partial charge in [-0.25, -0.2) is 4.98 Å². The van der Waals surface area contributed by atoms with Crippen molar-refractivity contribution in [2.24, 2.45) is 0 Å². The van der Waals surface area contributed by atoms with E-state index in [9.17, 15) is 0 Å². The molecule has 0 saturated carbocycles. The first-order valence-corrected chi connectivity index (χ1v) is 8.94. The monoisotopic (exact) mass is 337 g/mol. The van der Waals surface area contributed by atoms with Crippen molar-refractivity contribution in [1.29, 1.82) is 0 Å². The zero-order valence-electron chi connectivity index (χ0n) is 14.4. The average Bonchev–Trinajstić information content (AvgIpc) is 3.33. The maximum absolute atomic E-state index is 4.63. The molecule has 0 aliphatic rings. The van der Waals surface area contributed by atoms with E-state index in [1.807, 2.05) is 12.5 Å². The van der Waals surface area contributed by atoms with Crippen LogP contribution in [0.3, 0.4) is 0 Å². The number of hydrogen-bond donors (Lipinski definition) is 1. The van der Waals surface area contributed by atoms with Gasteiger partial charge in [0.1, 0.15) is 6.33 Å². The van der Waals surface area contributed by atoms with Crippen molar-refractivity contribution in [3.63, 3.8) is 0 Å². The molecule has 5 rings (SSSR count). The van der Waals surface area contributed by atoms with E-state index in [2.05, 4.69) is 87.3 Å². The van der Waals surface area contributed by atoms with Gasteiger partial charge in [-0.15, -0.1) is 0 Å². The fourth-order valence-electron chi connectivity index (χ4n) is 3.54. The Morgan fingerprint density at radius 2 is 1.69 bits per heavy atom. The number of benzene rings is 3. The Bertz CT molecular complexity index is 1180. The molecule has 0 saturated heterocycles. The summed E-state index contributed by atoms with van der Waals surface area (Å²) in [5.74, 6) is 0. The van der Waals surface area contributed by atoms with Gasteiger partial charge in [0.15, 0.2) is 0 Å². The lowest BCUT2D eigenvalue weighted by Crippen LogP contribution is -1.93. The van der Waals surface area contributed by atoms with Crippen LogP contribution in [0.5, 0.6) is 0 Å². The molecule has 126 valence electrons. The fraction of sp³-hybridized carbons (Fsp3) is 0.0870. The van der Waals surface area contributed by atoms with Crippen LogP contribution in [0.2, 0.25) is 0 Å². The number of hydrogen-bond acceptors (Lipinski definition) is 1. The molecule has 0 amide bonds. The number of nitrogens with one attached hydrogen (secondary N) is 1. The predicted octanol–water partition coefficient (Wildman–Crippen LogP) is 5.29. The Balaban J connectivity index is 1.45. The first-order valence-electron chi connectivity index (χ1n) is 8.94. The van der Waals surface area contributed by atoms with Crippen LogP contribution in [0.25, 0.3) is 27.6 Å². The lowest BCUT2D eigenvalue weighted by Gasteiger charge is -2.06. The van der Waals surface area contributed by atoms with Crippen LogP contribution in [-0.4, -0.2) is 14.5 Å². The van der Waals surface area contributed by atoms with E-state index in [-0.39, 0.29) is 0 Å². The van der Waals surface area contributed by atoms with Gasteiger partial charge in [-0.05, 0) is 60.4 Å². The standard InChI is InChI=1S/C23H19N3/c1-2-4-17(5-3-1)6-7-18-8-11-23-22(14-18)25-16-26(23)20-9-10-21-19(15-20)12-13-24-21/h1-5,8-16,24H,6-7H2. The Labute approximate surface area is 151 Å². The van der Waals surface area contributed by atoms with Crippen molar-refractivity contribution in [2.45, 2.75) is 12.8 Å². The zero-order chi connectivity index (χ0) is 17.3. The second-order valence-electron chi connectivity index (χ2n) is 6.67. The number of aromatic nitrogens is 3. The van der Waals surface area contributed by atoms with Crippen LogP contribution in [0, 0.1) is 0 Å². The first kappa shape index (κ1) is 15.0. The third kappa shape index (κ3) is 2.68. The van der Waals surface area contributed by atoms with Crippen LogP contribution in [0.1, 0.15) is 11.1 Å². The van der Waals surface area contributed by atoms with Crippen LogP contribution < -0.4 is 0 Å². The number of aryl methyl sites for hydroxylation is 2. The second-order valence-corrected chi connectivity index (χ2v) is 6.67. The Morgan fingerprint density at radius 1 is 0.808 bits per heavy atom. The molecule has 0 bridgehead atoms.